The zero-order chi connectivity index (χ0) is 18.0. The Morgan fingerprint density at radius 2 is 1.50 bits per heavy atom. The highest BCUT2D eigenvalue weighted by Crippen LogP contribution is 2.36. The number of pyridine rings is 1. The van der Waals surface area contributed by atoms with Crippen molar-refractivity contribution in [3.63, 3.8) is 0 Å². The van der Waals surface area contributed by atoms with Gasteiger partial charge in [0.15, 0.2) is 0 Å². The summed E-state index contributed by atoms with van der Waals surface area (Å²) in [6.07, 6.45) is 2.57. The van der Waals surface area contributed by atoms with Gasteiger partial charge in [-0.3, -0.25) is 4.98 Å². The van der Waals surface area contributed by atoms with E-state index in [0.717, 1.165) is 23.4 Å². The van der Waals surface area contributed by atoms with Crippen molar-refractivity contribution in [1.29, 1.82) is 0 Å². The van der Waals surface area contributed by atoms with E-state index >= 15 is 0 Å². The van der Waals surface area contributed by atoms with Gasteiger partial charge in [0, 0.05) is 18.3 Å². The van der Waals surface area contributed by atoms with Crippen molar-refractivity contribution < 1.29 is 4.84 Å². The Morgan fingerprint density at radius 1 is 0.846 bits per heavy atom. The summed E-state index contributed by atoms with van der Waals surface area (Å²) in [5.41, 5.74) is 5.34. The summed E-state index contributed by atoms with van der Waals surface area (Å²) in [7, 11) is 0. The van der Waals surface area contributed by atoms with Crippen LogP contribution in [0.25, 0.3) is 11.1 Å². The third-order valence-electron chi connectivity index (χ3n) is 5.05. The molecular formula is C23H22N2O. The van der Waals surface area contributed by atoms with Gasteiger partial charge in [-0.25, -0.2) is 0 Å². The molecule has 0 fully saturated rings. The van der Waals surface area contributed by atoms with E-state index < -0.39 is 0 Å². The third kappa shape index (κ3) is 3.13. The highest BCUT2D eigenvalue weighted by molar-refractivity contribution is 6.05. The summed E-state index contributed by atoms with van der Waals surface area (Å²) in [5, 5.41) is 4.41. The molecule has 3 nitrogen and oxygen atoms in total. The quantitative estimate of drug-likeness (QED) is 0.659. The lowest BCUT2D eigenvalue weighted by Crippen LogP contribution is -2.35. The van der Waals surface area contributed by atoms with E-state index in [0.29, 0.717) is 0 Å². The van der Waals surface area contributed by atoms with Crippen molar-refractivity contribution in [2.45, 2.75) is 26.4 Å². The van der Waals surface area contributed by atoms with Gasteiger partial charge >= 0.3 is 0 Å². The summed E-state index contributed by atoms with van der Waals surface area (Å²) in [6, 6.07) is 24.8. The molecule has 3 heteroatoms. The van der Waals surface area contributed by atoms with Crippen molar-refractivity contribution in [3.05, 3.63) is 90.3 Å². The van der Waals surface area contributed by atoms with Crippen LogP contribution in [0.3, 0.4) is 0 Å². The summed E-state index contributed by atoms with van der Waals surface area (Å²) in [6.45, 7) is 4.38. The molecule has 1 aromatic heterocycles. The second-order valence-corrected chi connectivity index (χ2v) is 7.23. The first-order valence-corrected chi connectivity index (χ1v) is 8.94. The van der Waals surface area contributed by atoms with Crippen LogP contribution >= 0.6 is 0 Å². The Hall–Kier alpha value is -2.94. The van der Waals surface area contributed by atoms with Crippen LogP contribution in [0, 0.1) is 5.41 Å². The number of oxime groups is 1. The zero-order valence-corrected chi connectivity index (χ0v) is 15.1. The predicted octanol–water partition coefficient (Wildman–Crippen LogP) is 5.12. The minimum Gasteiger partial charge on any atom is -0.391 e. The van der Waals surface area contributed by atoms with Crippen molar-refractivity contribution in [2.75, 3.05) is 0 Å². The lowest BCUT2D eigenvalue weighted by atomic mass is 9.77. The van der Waals surface area contributed by atoms with Gasteiger partial charge in [0.25, 0.3) is 0 Å². The molecule has 26 heavy (non-hydrogen) atoms. The fourth-order valence-corrected chi connectivity index (χ4v) is 3.42. The lowest BCUT2D eigenvalue weighted by Gasteiger charge is -2.25. The minimum absolute atomic E-state index is 0.0313. The van der Waals surface area contributed by atoms with Crippen LogP contribution in [0.5, 0.6) is 0 Å². The summed E-state index contributed by atoms with van der Waals surface area (Å²) in [4.78, 5) is 10.4. The van der Waals surface area contributed by atoms with Crippen LogP contribution in [0.4, 0.5) is 0 Å². The van der Waals surface area contributed by atoms with Gasteiger partial charge in [-0.2, -0.15) is 0 Å². The highest BCUT2D eigenvalue weighted by atomic mass is 16.6. The van der Waals surface area contributed by atoms with Crippen molar-refractivity contribution in [3.8, 4) is 11.1 Å². The Balaban J connectivity index is 1.56. The van der Waals surface area contributed by atoms with E-state index in [1.165, 1.54) is 11.1 Å². The van der Waals surface area contributed by atoms with E-state index in [4.69, 9.17) is 4.84 Å². The van der Waals surface area contributed by atoms with Crippen LogP contribution in [0.2, 0.25) is 0 Å². The third-order valence-corrected chi connectivity index (χ3v) is 5.05. The Labute approximate surface area is 154 Å². The molecule has 4 rings (SSSR count). The smallest absolute Gasteiger partial charge is 0.143 e. The number of hydrogen-bond acceptors (Lipinski definition) is 3. The highest BCUT2D eigenvalue weighted by Gasteiger charge is 2.42. The van der Waals surface area contributed by atoms with Crippen LogP contribution in [-0.2, 0) is 11.3 Å². The molecule has 0 aliphatic carbocycles. The molecule has 0 saturated carbocycles. The molecule has 0 bridgehead atoms. The van der Waals surface area contributed by atoms with E-state index in [9.17, 15) is 0 Å². The summed E-state index contributed by atoms with van der Waals surface area (Å²) < 4.78 is 0. The first-order valence-electron chi connectivity index (χ1n) is 8.94. The average molecular weight is 342 g/mol. The van der Waals surface area contributed by atoms with Gasteiger partial charge in [-0.15, -0.1) is 0 Å². The predicted molar refractivity (Wildman–Crippen MR) is 105 cm³/mol. The summed E-state index contributed by atoms with van der Waals surface area (Å²) in [5.74, 6) is 0. The normalized spacial score (nSPS) is 18.2. The summed E-state index contributed by atoms with van der Waals surface area (Å²) >= 11 is 0. The monoisotopic (exact) mass is 342 g/mol. The van der Waals surface area contributed by atoms with Crippen LogP contribution in [0.15, 0.2) is 84.1 Å². The fraction of sp³-hybridized carbons (Fsp3) is 0.217. The topological polar surface area (TPSA) is 34.5 Å². The number of nitrogens with zero attached hydrogens (tertiary/aromatic N) is 2. The SMILES string of the molecule is CC1(C)C(c2ccccc2)=NOC1Cc1cc(-c2ccccc2)ccn1. The molecule has 3 aromatic rings. The molecule has 1 aliphatic heterocycles. The Kier molecular flexibility index (Phi) is 4.29. The maximum absolute atomic E-state index is 5.83. The van der Waals surface area contributed by atoms with Gasteiger partial charge in [0.2, 0.25) is 0 Å². The molecule has 1 aliphatic rings. The maximum Gasteiger partial charge on any atom is 0.143 e. The molecule has 1 unspecified atom stereocenters. The van der Waals surface area contributed by atoms with Gasteiger partial charge in [0.05, 0.1) is 11.1 Å². The second-order valence-electron chi connectivity index (χ2n) is 7.23. The number of benzene rings is 2. The van der Waals surface area contributed by atoms with Crippen molar-refractivity contribution >= 4 is 5.71 Å². The first kappa shape index (κ1) is 16.5. The molecule has 0 spiro atoms. The van der Waals surface area contributed by atoms with E-state index in [-0.39, 0.29) is 11.5 Å². The van der Waals surface area contributed by atoms with Gasteiger partial charge in [-0.1, -0.05) is 79.7 Å². The van der Waals surface area contributed by atoms with Gasteiger partial charge in [0.1, 0.15) is 6.10 Å². The Bertz CT molecular complexity index is 917. The van der Waals surface area contributed by atoms with Crippen molar-refractivity contribution in [2.24, 2.45) is 10.6 Å². The maximum atomic E-state index is 5.83. The second kappa shape index (κ2) is 6.75. The molecule has 1 atom stereocenters. The molecule has 0 radical (unpaired) electrons. The molecule has 2 heterocycles. The standard InChI is InChI=1S/C23H22N2O/c1-23(2)21(26-25-22(23)18-11-7-4-8-12-18)16-20-15-19(13-14-24-20)17-9-5-3-6-10-17/h3-15,21H,16H2,1-2H3. The molecule has 0 N–H and O–H groups in total. The Morgan fingerprint density at radius 3 is 2.19 bits per heavy atom. The largest absolute Gasteiger partial charge is 0.391 e. The van der Waals surface area contributed by atoms with Gasteiger partial charge < -0.3 is 4.84 Å². The molecule has 0 saturated heterocycles. The number of rotatable bonds is 4. The lowest BCUT2D eigenvalue weighted by molar-refractivity contribution is 0.0364. The van der Waals surface area contributed by atoms with Crippen LogP contribution in [0.1, 0.15) is 25.1 Å². The molecular weight excluding hydrogens is 320 g/mol. The molecule has 2 aromatic carbocycles. The zero-order valence-electron chi connectivity index (χ0n) is 15.1. The molecule has 130 valence electrons. The van der Waals surface area contributed by atoms with E-state index in [2.05, 4.69) is 66.5 Å². The van der Waals surface area contributed by atoms with E-state index in [1.807, 2.05) is 36.5 Å². The number of hydrogen-bond donors (Lipinski definition) is 0. The van der Waals surface area contributed by atoms with Crippen molar-refractivity contribution in [1.82, 2.24) is 4.98 Å². The van der Waals surface area contributed by atoms with E-state index in [1.54, 1.807) is 0 Å². The molecule has 0 amide bonds. The minimum atomic E-state index is -0.175. The number of aromatic nitrogens is 1. The van der Waals surface area contributed by atoms with Crippen LogP contribution in [-0.4, -0.2) is 16.8 Å². The van der Waals surface area contributed by atoms with Crippen LogP contribution < -0.4 is 0 Å². The van der Waals surface area contributed by atoms with Gasteiger partial charge in [-0.05, 0) is 28.8 Å². The first-order chi connectivity index (χ1) is 12.6. The average Bonchev–Trinajstić information content (AvgIpc) is 2.97. The fourth-order valence-electron chi connectivity index (χ4n) is 3.42.